The van der Waals surface area contributed by atoms with Crippen LogP contribution < -0.4 is 26.8 Å². The maximum atomic E-state index is 15.2. The van der Waals surface area contributed by atoms with Crippen LogP contribution in [0.4, 0.5) is 27.4 Å². The Morgan fingerprint density at radius 2 is 1.88 bits per heavy atom. The molecule has 0 unspecified atom stereocenters. The number of amides is 2. The Bertz CT molecular complexity index is 1730. The maximum absolute atomic E-state index is 15.2. The summed E-state index contributed by atoms with van der Waals surface area (Å²) in [6.45, 7) is 6.80. The lowest BCUT2D eigenvalue weighted by atomic mass is 10.2. The minimum atomic E-state index is -0.975. The zero-order valence-electron chi connectivity index (χ0n) is 22.5. The SMILES string of the molecule is C=CC(=O)Nc1cccc(-n2c(C(N)=O)nc(=O)c3cnc(Nc4ccc(N5CCN(CCO)CC5)c(F)c4)nc32)c1. The summed E-state index contributed by atoms with van der Waals surface area (Å²) in [6, 6.07) is 11.1. The van der Waals surface area contributed by atoms with Crippen molar-refractivity contribution in [2.45, 2.75) is 0 Å². The molecule has 5 N–H and O–H groups in total. The molecule has 1 aliphatic rings. The number of carbonyl (C=O) groups is 2. The molecular weight excluding hydrogens is 545 g/mol. The average Bonchev–Trinajstić information content (AvgIpc) is 2.98. The summed E-state index contributed by atoms with van der Waals surface area (Å²) < 4.78 is 16.4. The van der Waals surface area contributed by atoms with Crippen LogP contribution in [0.1, 0.15) is 10.6 Å². The molecule has 14 heteroatoms. The van der Waals surface area contributed by atoms with E-state index in [1.54, 1.807) is 36.4 Å². The Labute approximate surface area is 239 Å². The highest BCUT2D eigenvalue weighted by molar-refractivity contribution is 5.99. The molecule has 0 atom stereocenters. The van der Waals surface area contributed by atoms with Crippen molar-refractivity contribution in [1.82, 2.24) is 24.4 Å². The Balaban J connectivity index is 1.49. The predicted molar refractivity (Wildman–Crippen MR) is 156 cm³/mol. The molecule has 0 saturated carbocycles. The summed E-state index contributed by atoms with van der Waals surface area (Å²) in [5, 5.41) is 14.7. The first-order valence-electron chi connectivity index (χ1n) is 13.1. The van der Waals surface area contributed by atoms with Crippen molar-refractivity contribution in [2.75, 3.05) is 54.9 Å². The molecule has 0 spiro atoms. The number of nitrogens with zero attached hydrogens (tertiary/aromatic N) is 6. The standard InChI is InChI=1S/C28H28FN9O4/c1-2-23(40)32-17-4-3-5-19(14-17)38-25-20(27(42)34-26(38)24(30)41)16-31-28(35-25)33-18-6-7-22(21(29)15-18)37-10-8-36(9-11-37)12-13-39/h2-7,14-16,39H,1,8-13H2,(H2,30,41)(H,32,40)(H,31,33,35). The highest BCUT2D eigenvalue weighted by Gasteiger charge is 2.21. The molecule has 4 aromatic rings. The number of halogens is 1. The largest absolute Gasteiger partial charge is 0.395 e. The van der Waals surface area contributed by atoms with Crippen molar-refractivity contribution in [3.63, 3.8) is 0 Å². The fraction of sp³-hybridized carbons (Fsp3) is 0.214. The number of anilines is 4. The topological polar surface area (TPSA) is 172 Å². The van der Waals surface area contributed by atoms with Crippen molar-refractivity contribution >= 4 is 45.9 Å². The van der Waals surface area contributed by atoms with Gasteiger partial charge in [-0.1, -0.05) is 12.6 Å². The number of nitrogens with two attached hydrogens (primary N) is 1. The van der Waals surface area contributed by atoms with Crippen LogP contribution in [0.2, 0.25) is 0 Å². The molecule has 42 heavy (non-hydrogen) atoms. The molecule has 0 radical (unpaired) electrons. The first-order valence-corrected chi connectivity index (χ1v) is 13.1. The van der Waals surface area contributed by atoms with Gasteiger partial charge < -0.3 is 26.4 Å². The van der Waals surface area contributed by atoms with E-state index in [4.69, 9.17) is 10.8 Å². The third-order valence-corrected chi connectivity index (χ3v) is 6.74. The smallest absolute Gasteiger partial charge is 0.285 e. The number of aromatic nitrogens is 4. The lowest BCUT2D eigenvalue weighted by molar-refractivity contribution is -0.111. The highest BCUT2D eigenvalue weighted by atomic mass is 19.1. The van der Waals surface area contributed by atoms with E-state index in [2.05, 4.69) is 37.1 Å². The highest BCUT2D eigenvalue weighted by Crippen LogP contribution is 2.26. The van der Waals surface area contributed by atoms with Gasteiger partial charge in [-0.2, -0.15) is 9.97 Å². The molecule has 0 aliphatic carbocycles. The molecule has 2 amide bonds. The van der Waals surface area contributed by atoms with Crippen LogP contribution in [0, 0.1) is 5.82 Å². The van der Waals surface area contributed by atoms with Gasteiger partial charge in [0.15, 0.2) is 5.65 Å². The number of piperazine rings is 1. The van der Waals surface area contributed by atoms with Crippen molar-refractivity contribution < 1.29 is 19.1 Å². The summed E-state index contributed by atoms with van der Waals surface area (Å²) >= 11 is 0. The average molecular weight is 574 g/mol. The number of primary amides is 1. The summed E-state index contributed by atoms with van der Waals surface area (Å²) in [4.78, 5) is 53.4. The molecule has 13 nitrogen and oxygen atoms in total. The monoisotopic (exact) mass is 573 g/mol. The second-order valence-corrected chi connectivity index (χ2v) is 9.46. The van der Waals surface area contributed by atoms with Crippen LogP contribution in [0.3, 0.4) is 0 Å². The molecule has 216 valence electrons. The van der Waals surface area contributed by atoms with Gasteiger partial charge in [0.25, 0.3) is 11.5 Å². The van der Waals surface area contributed by atoms with Crippen molar-refractivity contribution in [1.29, 1.82) is 0 Å². The zero-order valence-corrected chi connectivity index (χ0v) is 22.5. The number of hydrogen-bond donors (Lipinski definition) is 4. The summed E-state index contributed by atoms with van der Waals surface area (Å²) in [7, 11) is 0. The minimum Gasteiger partial charge on any atom is -0.395 e. The number of rotatable bonds is 9. The van der Waals surface area contributed by atoms with E-state index >= 15 is 4.39 Å². The van der Waals surface area contributed by atoms with Gasteiger partial charge in [0.2, 0.25) is 17.7 Å². The van der Waals surface area contributed by atoms with Gasteiger partial charge in [-0.25, -0.2) is 9.37 Å². The van der Waals surface area contributed by atoms with Crippen LogP contribution in [0.15, 0.2) is 66.1 Å². The van der Waals surface area contributed by atoms with Crippen molar-refractivity contribution in [2.24, 2.45) is 5.73 Å². The fourth-order valence-electron chi connectivity index (χ4n) is 4.71. The molecular formula is C28H28FN9O4. The van der Waals surface area contributed by atoms with E-state index in [1.807, 2.05) is 4.90 Å². The molecule has 1 fully saturated rings. The number of fused-ring (bicyclic) bond motifs is 1. The maximum Gasteiger partial charge on any atom is 0.285 e. The number of hydrogen-bond acceptors (Lipinski definition) is 10. The molecule has 2 aromatic heterocycles. The van der Waals surface area contributed by atoms with Crippen molar-refractivity contribution in [3.05, 3.63) is 83.3 Å². The van der Waals surface area contributed by atoms with E-state index in [0.717, 1.165) is 19.2 Å². The quantitative estimate of drug-likeness (QED) is 0.215. The van der Waals surface area contributed by atoms with Crippen LogP contribution in [-0.2, 0) is 4.79 Å². The van der Waals surface area contributed by atoms with E-state index in [-0.39, 0.29) is 29.4 Å². The molecule has 2 aromatic carbocycles. The summed E-state index contributed by atoms with van der Waals surface area (Å²) in [5.74, 6) is -2.21. The van der Waals surface area contributed by atoms with Gasteiger partial charge >= 0.3 is 0 Å². The fourth-order valence-corrected chi connectivity index (χ4v) is 4.71. The first kappa shape index (κ1) is 28.3. The first-order chi connectivity index (χ1) is 20.3. The number of benzene rings is 2. The summed E-state index contributed by atoms with van der Waals surface area (Å²) in [5.41, 5.74) is 6.37. The second-order valence-electron chi connectivity index (χ2n) is 9.46. The minimum absolute atomic E-state index is 0.00736. The number of nitrogens with one attached hydrogen (secondary N) is 2. The Kier molecular flexibility index (Phi) is 8.17. The lowest BCUT2D eigenvalue weighted by Crippen LogP contribution is -2.47. The normalized spacial score (nSPS) is 13.6. The van der Waals surface area contributed by atoms with E-state index in [9.17, 15) is 14.4 Å². The van der Waals surface area contributed by atoms with Gasteiger partial charge in [-0.3, -0.25) is 23.9 Å². The Morgan fingerprint density at radius 1 is 1.10 bits per heavy atom. The predicted octanol–water partition coefficient (Wildman–Crippen LogP) is 1.40. The van der Waals surface area contributed by atoms with Gasteiger partial charge in [0.05, 0.1) is 18.0 Å². The summed E-state index contributed by atoms with van der Waals surface area (Å²) in [6.07, 6.45) is 2.36. The molecule has 1 saturated heterocycles. The van der Waals surface area contributed by atoms with Gasteiger partial charge in [-0.15, -0.1) is 0 Å². The third-order valence-electron chi connectivity index (χ3n) is 6.74. The Hall–Kier alpha value is -5.21. The number of aliphatic hydroxyl groups is 1. The number of β-amino-alcohol motifs (C(OH)–C–C–N with tert-alkyl or cyclic N) is 1. The van der Waals surface area contributed by atoms with E-state index in [1.165, 1.54) is 16.8 Å². The Morgan fingerprint density at radius 3 is 2.57 bits per heavy atom. The molecule has 1 aliphatic heterocycles. The molecule has 3 heterocycles. The van der Waals surface area contributed by atoms with E-state index < -0.39 is 23.2 Å². The van der Waals surface area contributed by atoms with Crippen molar-refractivity contribution in [3.8, 4) is 5.69 Å². The third kappa shape index (κ3) is 5.94. The number of carbonyl (C=O) groups excluding carboxylic acids is 2. The molecule has 0 bridgehead atoms. The number of aliphatic hydroxyl groups excluding tert-OH is 1. The van der Waals surface area contributed by atoms with Crippen LogP contribution in [-0.4, -0.2) is 80.7 Å². The lowest BCUT2D eigenvalue weighted by Gasteiger charge is -2.36. The van der Waals surface area contributed by atoms with Crippen LogP contribution in [0.5, 0.6) is 0 Å². The zero-order chi connectivity index (χ0) is 29.8. The van der Waals surface area contributed by atoms with Crippen LogP contribution in [0.25, 0.3) is 16.7 Å². The molecule has 5 rings (SSSR count). The van der Waals surface area contributed by atoms with Crippen LogP contribution >= 0.6 is 0 Å². The van der Waals surface area contributed by atoms with E-state index in [0.29, 0.717) is 42.4 Å². The van der Waals surface area contributed by atoms with Gasteiger partial charge in [-0.05, 0) is 42.5 Å². The van der Waals surface area contributed by atoms with Gasteiger partial charge in [0, 0.05) is 50.3 Å². The van der Waals surface area contributed by atoms with Gasteiger partial charge in [0.1, 0.15) is 11.2 Å². The second kappa shape index (κ2) is 12.1.